The SMILES string of the molecule is CCS(=O)(=O)CCCNc1ccc2c(c1)OC(F)(F)O2. The van der Waals surface area contributed by atoms with Gasteiger partial charge in [-0.1, -0.05) is 6.92 Å². The van der Waals surface area contributed by atoms with E-state index in [1.807, 2.05) is 0 Å². The maximum Gasteiger partial charge on any atom is 0.586 e. The second kappa shape index (κ2) is 5.43. The Hall–Kier alpha value is -1.57. The number of anilines is 1. The van der Waals surface area contributed by atoms with Crippen LogP contribution in [0.5, 0.6) is 11.5 Å². The fraction of sp³-hybridized carbons (Fsp3) is 0.500. The van der Waals surface area contributed by atoms with Gasteiger partial charge in [0, 0.05) is 24.1 Å². The van der Waals surface area contributed by atoms with Crippen molar-refractivity contribution in [1.29, 1.82) is 0 Å². The molecule has 1 aromatic carbocycles. The van der Waals surface area contributed by atoms with Crippen molar-refractivity contribution in [3.8, 4) is 11.5 Å². The molecule has 0 saturated carbocycles. The largest absolute Gasteiger partial charge is 0.586 e. The summed E-state index contributed by atoms with van der Waals surface area (Å²) in [5, 5.41) is 2.95. The Morgan fingerprint density at radius 2 is 1.95 bits per heavy atom. The second-order valence-electron chi connectivity index (χ2n) is 4.35. The van der Waals surface area contributed by atoms with Crippen LogP contribution in [-0.2, 0) is 9.84 Å². The molecule has 0 spiro atoms. The van der Waals surface area contributed by atoms with E-state index in [1.54, 1.807) is 13.0 Å². The summed E-state index contributed by atoms with van der Waals surface area (Å²) in [6.07, 6.45) is -3.18. The molecule has 1 aliphatic rings. The molecule has 0 aromatic heterocycles. The summed E-state index contributed by atoms with van der Waals surface area (Å²) in [5.74, 6) is 0.154. The van der Waals surface area contributed by atoms with Crippen molar-refractivity contribution < 1.29 is 26.7 Å². The van der Waals surface area contributed by atoms with Gasteiger partial charge in [0.2, 0.25) is 0 Å². The van der Waals surface area contributed by atoms with Crippen LogP contribution in [-0.4, -0.2) is 32.8 Å². The Bertz CT molecular complexity index is 589. The van der Waals surface area contributed by atoms with Gasteiger partial charge >= 0.3 is 6.29 Å². The summed E-state index contributed by atoms with van der Waals surface area (Å²) in [6, 6.07) is 4.34. The number of sulfone groups is 1. The molecule has 1 heterocycles. The normalized spacial score (nSPS) is 16.1. The predicted molar refractivity (Wildman–Crippen MR) is 70.1 cm³/mol. The zero-order valence-electron chi connectivity index (χ0n) is 10.9. The minimum Gasteiger partial charge on any atom is -0.395 e. The number of hydrogen-bond donors (Lipinski definition) is 1. The van der Waals surface area contributed by atoms with Crippen molar-refractivity contribution in [1.82, 2.24) is 0 Å². The molecule has 0 bridgehead atoms. The van der Waals surface area contributed by atoms with Crippen LogP contribution in [0.1, 0.15) is 13.3 Å². The van der Waals surface area contributed by atoms with E-state index in [0.717, 1.165) is 0 Å². The number of nitrogens with one attached hydrogen (secondary N) is 1. The first-order chi connectivity index (χ1) is 9.31. The first-order valence-corrected chi connectivity index (χ1v) is 7.98. The van der Waals surface area contributed by atoms with E-state index < -0.39 is 16.1 Å². The van der Waals surface area contributed by atoms with Crippen LogP contribution in [0.4, 0.5) is 14.5 Å². The second-order valence-corrected chi connectivity index (χ2v) is 6.82. The van der Waals surface area contributed by atoms with E-state index >= 15 is 0 Å². The number of rotatable bonds is 6. The summed E-state index contributed by atoms with van der Waals surface area (Å²) in [7, 11) is -2.98. The number of fused-ring (bicyclic) bond motifs is 1. The Labute approximate surface area is 115 Å². The molecule has 1 aromatic rings. The van der Waals surface area contributed by atoms with Gasteiger partial charge in [-0.2, -0.15) is 0 Å². The Morgan fingerprint density at radius 1 is 1.25 bits per heavy atom. The highest BCUT2D eigenvalue weighted by molar-refractivity contribution is 7.91. The molecule has 8 heteroatoms. The van der Waals surface area contributed by atoms with Gasteiger partial charge in [0.1, 0.15) is 9.84 Å². The first-order valence-electron chi connectivity index (χ1n) is 6.15. The molecule has 5 nitrogen and oxygen atoms in total. The molecule has 2 rings (SSSR count). The lowest BCUT2D eigenvalue weighted by atomic mass is 10.2. The first kappa shape index (κ1) is 14.8. The van der Waals surface area contributed by atoms with E-state index in [9.17, 15) is 17.2 Å². The van der Waals surface area contributed by atoms with Gasteiger partial charge in [0.05, 0.1) is 5.75 Å². The van der Waals surface area contributed by atoms with Crippen LogP contribution in [0.25, 0.3) is 0 Å². The number of halogens is 2. The van der Waals surface area contributed by atoms with Crippen LogP contribution >= 0.6 is 0 Å². The van der Waals surface area contributed by atoms with Crippen LogP contribution in [0.3, 0.4) is 0 Å². The fourth-order valence-corrected chi connectivity index (χ4v) is 2.60. The minimum absolute atomic E-state index is 0.0193. The predicted octanol–water partition coefficient (Wildman–Crippen LogP) is 2.24. The molecule has 0 amide bonds. The standard InChI is InChI=1S/C12H15F2NO4S/c1-2-20(16,17)7-3-6-15-9-4-5-10-11(8-9)19-12(13,14)18-10/h4-5,8,15H,2-3,6-7H2,1H3. The van der Waals surface area contributed by atoms with E-state index in [2.05, 4.69) is 14.8 Å². The molecular weight excluding hydrogens is 292 g/mol. The Balaban J connectivity index is 1.87. The smallest absolute Gasteiger partial charge is 0.395 e. The summed E-state index contributed by atoms with van der Waals surface area (Å²) < 4.78 is 56.8. The molecule has 0 atom stereocenters. The van der Waals surface area contributed by atoms with Gasteiger partial charge in [-0.15, -0.1) is 8.78 Å². The number of ether oxygens (including phenoxy) is 2. The topological polar surface area (TPSA) is 64.6 Å². The van der Waals surface area contributed by atoms with Crippen molar-refractivity contribution in [3.05, 3.63) is 18.2 Å². The van der Waals surface area contributed by atoms with Crippen molar-refractivity contribution in [2.45, 2.75) is 19.6 Å². The zero-order chi connectivity index (χ0) is 14.8. The van der Waals surface area contributed by atoms with E-state index in [1.165, 1.54) is 12.1 Å². The third-order valence-electron chi connectivity index (χ3n) is 2.80. The Morgan fingerprint density at radius 3 is 2.65 bits per heavy atom. The van der Waals surface area contributed by atoms with Gasteiger partial charge in [-0.05, 0) is 18.6 Å². The number of hydrogen-bond acceptors (Lipinski definition) is 5. The maximum absolute atomic E-state index is 12.8. The number of benzene rings is 1. The van der Waals surface area contributed by atoms with Crippen LogP contribution in [0, 0.1) is 0 Å². The fourth-order valence-electron chi connectivity index (χ4n) is 1.73. The molecule has 0 radical (unpaired) electrons. The Kier molecular flexibility index (Phi) is 4.03. The monoisotopic (exact) mass is 307 g/mol. The van der Waals surface area contributed by atoms with Crippen LogP contribution < -0.4 is 14.8 Å². The average Bonchev–Trinajstić information content (AvgIpc) is 2.68. The molecule has 0 aliphatic carbocycles. The van der Waals surface area contributed by atoms with E-state index in [0.29, 0.717) is 18.7 Å². The summed E-state index contributed by atoms with van der Waals surface area (Å²) in [4.78, 5) is 0. The van der Waals surface area contributed by atoms with Gasteiger partial charge in [-0.25, -0.2) is 8.42 Å². The highest BCUT2D eigenvalue weighted by Crippen LogP contribution is 2.42. The summed E-state index contributed by atoms with van der Waals surface area (Å²) in [5.41, 5.74) is 0.568. The quantitative estimate of drug-likeness (QED) is 0.817. The van der Waals surface area contributed by atoms with Crippen molar-refractivity contribution in [3.63, 3.8) is 0 Å². The van der Waals surface area contributed by atoms with Crippen LogP contribution in [0.15, 0.2) is 18.2 Å². The maximum atomic E-state index is 12.8. The highest BCUT2D eigenvalue weighted by atomic mass is 32.2. The lowest BCUT2D eigenvalue weighted by Gasteiger charge is -2.07. The molecule has 1 aliphatic heterocycles. The molecule has 1 N–H and O–H groups in total. The molecule has 20 heavy (non-hydrogen) atoms. The van der Waals surface area contributed by atoms with Gasteiger partial charge in [0.25, 0.3) is 0 Å². The highest BCUT2D eigenvalue weighted by Gasteiger charge is 2.43. The molecule has 112 valence electrons. The van der Waals surface area contributed by atoms with E-state index in [4.69, 9.17) is 0 Å². The summed E-state index contributed by atoms with van der Waals surface area (Å²) >= 11 is 0. The third-order valence-corrected chi connectivity index (χ3v) is 4.59. The van der Waals surface area contributed by atoms with Gasteiger partial charge < -0.3 is 14.8 Å². The van der Waals surface area contributed by atoms with Crippen LogP contribution in [0.2, 0.25) is 0 Å². The lowest BCUT2D eigenvalue weighted by molar-refractivity contribution is -0.286. The molecular formula is C12H15F2NO4S. The lowest BCUT2D eigenvalue weighted by Crippen LogP contribution is -2.25. The van der Waals surface area contributed by atoms with Gasteiger partial charge in [0.15, 0.2) is 11.5 Å². The van der Waals surface area contributed by atoms with Gasteiger partial charge in [-0.3, -0.25) is 0 Å². The zero-order valence-corrected chi connectivity index (χ0v) is 11.7. The van der Waals surface area contributed by atoms with Crippen molar-refractivity contribution >= 4 is 15.5 Å². The summed E-state index contributed by atoms with van der Waals surface area (Å²) in [6.45, 7) is 2.02. The average molecular weight is 307 g/mol. The third kappa shape index (κ3) is 3.72. The van der Waals surface area contributed by atoms with Crippen molar-refractivity contribution in [2.75, 3.05) is 23.4 Å². The minimum atomic E-state index is -3.63. The molecule has 0 unspecified atom stereocenters. The van der Waals surface area contributed by atoms with E-state index in [-0.39, 0.29) is 23.0 Å². The van der Waals surface area contributed by atoms with Crippen molar-refractivity contribution in [2.24, 2.45) is 0 Å². The number of alkyl halides is 2. The molecule has 0 saturated heterocycles. The molecule has 0 fully saturated rings.